The van der Waals surface area contributed by atoms with Crippen molar-refractivity contribution in [3.8, 4) is 0 Å². The fourth-order valence-electron chi connectivity index (χ4n) is 1.87. The number of aliphatic carboxylic acids is 1. The number of alkyl halides is 3. The van der Waals surface area contributed by atoms with Gasteiger partial charge in [0.15, 0.2) is 0 Å². The Bertz CT molecular complexity index is 328. The number of carbonyl (C=O) groups excluding carboxylic acids is 1. The lowest BCUT2D eigenvalue weighted by Crippen LogP contribution is -2.45. The van der Waals surface area contributed by atoms with Crippen molar-refractivity contribution in [3.63, 3.8) is 0 Å². The Morgan fingerprint density at radius 1 is 1.44 bits per heavy atom. The lowest BCUT2D eigenvalue weighted by molar-refractivity contribution is -0.228. The molecular formula is C9H12F3NO3. The summed E-state index contributed by atoms with van der Waals surface area (Å²) in [5, 5.41) is 8.77. The molecule has 1 amide bonds. The van der Waals surface area contributed by atoms with Crippen LogP contribution in [-0.4, -0.2) is 41.1 Å². The second-order valence-corrected chi connectivity index (χ2v) is 4.21. The largest absolute Gasteiger partial charge is 0.481 e. The molecule has 0 spiro atoms. The number of rotatable bonds is 1. The molecule has 1 N–H and O–H groups in total. The summed E-state index contributed by atoms with van der Waals surface area (Å²) in [4.78, 5) is 22.7. The Hall–Kier alpha value is -1.27. The first kappa shape index (κ1) is 12.8. The molecule has 0 saturated carbocycles. The molecule has 0 aromatic rings. The molecule has 0 aliphatic carbocycles. The molecule has 1 aliphatic rings. The van der Waals surface area contributed by atoms with Crippen molar-refractivity contribution >= 4 is 11.9 Å². The van der Waals surface area contributed by atoms with Gasteiger partial charge in [0.25, 0.3) is 0 Å². The minimum atomic E-state index is -4.64. The summed E-state index contributed by atoms with van der Waals surface area (Å²) < 4.78 is 38.4. The highest BCUT2D eigenvalue weighted by Gasteiger charge is 2.63. The van der Waals surface area contributed by atoms with Crippen LogP contribution in [0.15, 0.2) is 0 Å². The molecule has 4 nitrogen and oxygen atoms in total. The van der Waals surface area contributed by atoms with Crippen LogP contribution in [0.25, 0.3) is 0 Å². The van der Waals surface area contributed by atoms with Gasteiger partial charge in [-0.3, -0.25) is 9.59 Å². The van der Waals surface area contributed by atoms with Gasteiger partial charge in [-0.25, -0.2) is 0 Å². The van der Waals surface area contributed by atoms with E-state index in [1.54, 1.807) is 0 Å². The third-order valence-electron chi connectivity index (χ3n) is 3.08. The van der Waals surface area contributed by atoms with E-state index in [0.29, 0.717) is 0 Å². The van der Waals surface area contributed by atoms with Gasteiger partial charge in [0.2, 0.25) is 5.91 Å². The number of halogens is 3. The van der Waals surface area contributed by atoms with Crippen LogP contribution in [0.2, 0.25) is 0 Å². The number of hydrogen-bond acceptors (Lipinski definition) is 2. The molecule has 1 rings (SSSR count). The zero-order valence-electron chi connectivity index (χ0n) is 8.84. The van der Waals surface area contributed by atoms with Crippen molar-refractivity contribution < 1.29 is 27.9 Å². The van der Waals surface area contributed by atoms with E-state index in [4.69, 9.17) is 5.11 Å². The van der Waals surface area contributed by atoms with E-state index >= 15 is 0 Å². The van der Waals surface area contributed by atoms with Crippen LogP contribution in [0.5, 0.6) is 0 Å². The van der Waals surface area contributed by atoms with Crippen molar-refractivity contribution in [2.45, 2.75) is 20.0 Å². The van der Waals surface area contributed by atoms with Crippen molar-refractivity contribution in [2.24, 2.45) is 11.3 Å². The van der Waals surface area contributed by atoms with Gasteiger partial charge in [-0.15, -0.1) is 0 Å². The van der Waals surface area contributed by atoms with Gasteiger partial charge in [0.1, 0.15) is 0 Å². The molecule has 16 heavy (non-hydrogen) atoms. The van der Waals surface area contributed by atoms with Crippen LogP contribution in [-0.2, 0) is 9.59 Å². The molecule has 0 radical (unpaired) electrons. The van der Waals surface area contributed by atoms with Crippen LogP contribution < -0.4 is 0 Å². The molecule has 1 saturated heterocycles. The second kappa shape index (κ2) is 3.64. The van der Waals surface area contributed by atoms with Crippen molar-refractivity contribution in [3.05, 3.63) is 0 Å². The first-order chi connectivity index (χ1) is 7.09. The molecule has 92 valence electrons. The minimum Gasteiger partial charge on any atom is -0.481 e. The fraction of sp³-hybridized carbons (Fsp3) is 0.778. The summed E-state index contributed by atoms with van der Waals surface area (Å²) in [5.74, 6) is -3.67. The Morgan fingerprint density at radius 3 is 2.19 bits per heavy atom. The monoisotopic (exact) mass is 239 g/mol. The topological polar surface area (TPSA) is 57.6 Å². The number of likely N-dealkylation sites (tertiary alicyclic amines) is 1. The van der Waals surface area contributed by atoms with E-state index in [1.807, 2.05) is 0 Å². The van der Waals surface area contributed by atoms with Gasteiger partial charge in [-0.1, -0.05) is 0 Å². The molecule has 7 heteroatoms. The van der Waals surface area contributed by atoms with Gasteiger partial charge in [-0.2, -0.15) is 13.2 Å². The number of carboxylic acids is 1. The van der Waals surface area contributed by atoms with Crippen molar-refractivity contribution in [2.75, 3.05) is 13.1 Å². The fourth-order valence-corrected chi connectivity index (χ4v) is 1.87. The van der Waals surface area contributed by atoms with E-state index in [9.17, 15) is 22.8 Å². The maximum absolute atomic E-state index is 12.8. The van der Waals surface area contributed by atoms with Crippen LogP contribution in [0.4, 0.5) is 13.2 Å². The zero-order valence-corrected chi connectivity index (χ0v) is 8.84. The molecule has 0 aromatic heterocycles. The SMILES string of the molecule is CC(=O)N1CC(C(=O)O)C(C)(C(F)(F)F)C1. The Kier molecular flexibility index (Phi) is 2.91. The smallest absolute Gasteiger partial charge is 0.396 e. The highest BCUT2D eigenvalue weighted by molar-refractivity contribution is 5.77. The normalized spacial score (nSPS) is 30.6. The highest BCUT2D eigenvalue weighted by Crippen LogP contribution is 2.48. The van der Waals surface area contributed by atoms with E-state index in [0.717, 1.165) is 18.7 Å². The molecule has 0 aromatic carbocycles. The van der Waals surface area contributed by atoms with Gasteiger partial charge in [0, 0.05) is 20.0 Å². The van der Waals surface area contributed by atoms with Crippen LogP contribution in [0.3, 0.4) is 0 Å². The first-order valence-electron chi connectivity index (χ1n) is 4.64. The summed E-state index contributed by atoms with van der Waals surface area (Å²) in [5.41, 5.74) is -2.37. The molecular weight excluding hydrogens is 227 g/mol. The average molecular weight is 239 g/mol. The molecule has 2 unspecified atom stereocenters. The summed E-state index contributed by atoms with van der Waals surface area (Å²) in [7, 11) is 0. The predicted molar refractivity (Wildman–Crippen MR) is 47.5 cm³/mol. The molecule has 0 bridgehead atoms. The maximum atomic E-state index is 12.8. The number of nitrogens with zero attached hydrogens (tertiary/aromatic N) is 1. The van der Waals surface area contributed by atoms with Gasteiger partial charge >= 0.3 is 12.1 Å². The number of carbonyl (C=O) groups is 2. The predicted octanol–water partition coefficient (Wildman–Crippen LogP) is 1.12. The van der Waals surface area contributed by atoms with E-state index in [-0.39, 0.29) is 6.54 Å². The number of amides is 1. The number of carboxylic acid groups (broad SMARTS) is 1. The van der Waals surface area contributed by atoms with Crippen LogP contribution in [0.1, 0.15) is 13.8 Å². The zero-order chi connectivity index (χ0) is 12.7. The highest BCUT2D eigenvalue weighted by atomic mass is 19.4. The molecule has 1 aliphatic heterocycles. The third-order valence-corrected chi connectivity index (χ3v) is 3.08. The maximum Gasteiger partial charge on any atom is 0.396 e. The van der Waals surface area contributed by atoms with E-state index in [1.165, 1.54) is 0 Å². The standard InChI is InChI=1S/C9H12F3NO3/c1-5(14)13-3-6(7(15)16)8(2,4-13)9(10,11)12/h6H,3-4H2,1-2H3,(H,15,16). The van der Waals surface area contributed by atoms with Crippen molar-refractivity contribution in [1.82, 2.24) is 4.90 Å². The van der Waals surface area contributed by atoms with Gasteiger partial charge in [-0.05, 0) is 6.92 Å². The second-order valence-electron chi connectivity index (χ2n) is 4.21. The lowest BCUT2D eigenvalue weighted by atomic mass is 9.79. The van der Waals surface area contributed by atoms with Gasteiger partial charge in [0.05, 0.1) is 11.3 Å². The summed E-state index contributed by atoms with van der Waals surface area (Å²) >= 11 is 0. The summed E-state index contributed by atoms with van der Waals surface area (Å²) in [6.45, 7) is 0.985. The van der Waals surface area contributed by atoms with Gasteiger partial charge < -0.3 is 10.0 Å². The van der Waals surface area contributed by atoms with Crippen LogP contribution >= 0.6 is 0 Å². The van der Waals surface area contributed by atoms with Crippen LogP contribution in [0, 0.1) is 11.3 Å². The lowest BCUT2D eigenvalue weighted by Gasteiger charge is -2.30. The quantitative estimate of drug-likeness (QED) is 0.745. The molecule has 2 atom stereocenters. The Morgan fingerprint density at radius 2 is 1.94 bits per heavy atom. The Labute approximate surface area is 90.0 Å². The first-order valence-corrected chi connectivity index (χ1v) is 4.64. The summed E-state index contributed by atoms with van der Waals surface area (Å²) in [6.07, 6.45) is -4.64. The Balaban J connectivity index is 3.07. The van der Waals surface area contributed by atoms with E-state index < -0.39 is 35.9 Å². The van der Waals surface area contributed by atoms with Crippen molar-refractivity contribution in [1.29, 1.82) is 0 Å². The number of hydrogen-bond donors (Lipinski definition) is 1. The minimum absolute atomic E-state index is 0.388. The summed E-state index contributed by atoms with van der Waals surface area (Å²) in [6, 6.07) is 0. The third kappa shape index (κ3) is 1.85. The average Bonchev–Trinajstić information content (AvgIpc) is 2.43. The molecule has 1 heterocycles. The molecule has 1 fully saturated rings. The van der Waals surface area contributed by atoms with E-state index in [2.05, 4.69) is 0 Å².